The molecule has 0 aromatic heterocycles. The Balaban J connectivity index is 2.00. The topological polar surface area (TPSA) is 66.5 Å². The molecule has 0 aromatic carbocycles. The maximum absolute atomic E-state index is 12.1. The minimum absolute atomic E-state index is 0.0841. The van der Waals surface area contributed by atoms with E-state index >= 15 is 0 Å². The lowest BCUT2D eigenvalue weighted by Gasteiger charge is -2.26. The summed E-state index contributed by atoms with van der Waals surface area (Å²) >= 11 is 0. The zero-order valence-electron chi connectivity index (χ0n) is 11.1. The van der Waals surface area contributed by atoms with Gasteiger partial charge in [-0.05, 0) is 25.7 Å². The van der Waals surface area contributed by atoms with Crippen molar-refractivity contribution in [2.24, 2.45) is 5.92 Å². The predicted octanol–water partition coefficient (Wildman–Crippen LogP) is 0.368. The van der Waals surface area contributed by atoms with Crippen molar-refractivity contribution >= 4 is 15.7 Å². The largest absolute Gasteiger partial charge is 0.325 e. The van der Waals surface area contributed by atoms with Gasteiger partial charge in [0.2, 0.25) is 5.91 Å². The van der Waals surface area contributed by atoms with Gasteiger partial charge in [0.05, 0.1) is 23.7 Å². The van der Waals surface area contributed by atoms with E-state index in [-0.39, 0.29) is 35.5 Å². The van der Waals surface area contributed by atoms with Gasteiger partial charge in [0.15, 0.2) is 9.84 Å². The van der Waals surface area contributed by atoms with Gasteiger partial charge in [0.25, 0.3) is 0 Å². The molecule has 2 aliphatic heterocycles. The van der Waals surface area contributed by atoms with E-state index < -0.39 is 9.84 Å². The van der Waals surface area contributed by atoms with Crippen molar-refractivity contribution in [1.82, 2.24) is 10.2 Å². The third-order valence-electron chi connectivity index (χ3n) is 3.82. The van der Waals surface area contributed by atoms with Gasteiger partial charge in [-0.3, -0.25) is 10.1 Å². The average Bonchev–Trinajstić information content (AvgIpc) is 2.75. The molecule has 2 aliphatic rings. The van der Waals surface area contributed by atoms with Crippen LogP contribution in [0.3, 0.4) is 0 Å². The Morgan fingerprint density at radius 3 is 2.72 bits per heavy atom. The first-order valence-corrected chi connectivity index (χ1v) is 8.52. The van der Waals surface area contributed by atoms with Gasteiger partial charge in [-0.25, -0.2) is 8.42 Å². The van der Waals surface area contributed by atoms with Crippen LogP contribution in [0.4, 0.5) is 0 Å². The molecule has 0 saturated carbocycles. The van der Waals surface area contributed by atoms with Crippen LogP contribution in [0.5, 0.6) is 0 Å². The Morgan fingerprint density at radius 1 is 1.44 bits per heavy atom. The van der Waals surface area contributed by atoms with E-state index in [9.17, 15) is 13.2 Å². The maximum atomic E-state index is 12.1. The fraction of sp³-hybridized carbons (Fsp3) is 0.917. The highest BCUT2D eigenvalue weighted by Crippen LogP contribution is 2.23. The Morgan fingerprint density at radius 2 is 2.17 bits per heavy atom. The van der Waals surface area contributed by atoms with Gasteiger partial charge in [-0.2, -0.15) is 0 Å². The molecule has 0 radical (unpaired) electrons. The molecule has 5 nitrogen and oxygen atoms in total. The Kier molecular flexibility index (Phi) is 3.96. The quantitative estimate of drug-likeness (QED) is 0.804. The van der Waals surface area contributed by atoms with Crippen molar-refractivity contribution in [2.75, 3.05) is 18.1 Å². The fourth-order valence-corrected chi connectivity index (χ4v) is 4.73. The minimum Gasteiger partial charge on any atom is -0.325 e. The van der Waals surface area contributed by atoms with Crippen LogP contribution < -0.4 is 5.32 Å². The standard InChI is InChI=1S/C12H22N2O3S/c1-3-4-11-13-9(2)12(15)14(11)7-10-5-6-18(16,17)8-10/h9-11,13H,3-8H2,1-2H3. The van der Waals surface area contributed by atoms with Crippen LogP contribution in [0.25, 0.3) is 0 Å². The van der Waals surface area contributed by atoms with Crippen molar-refractivity contribution in [2.45, 2.75) is 45.3 Å². The molecule has 0 spiro atoms. The molecule has 2 heterocycles. The van der Waals surface area contributed by atoms with Crippen LogP contribution in [0, 0.1) is 5.92 Å². The van der Waals surface area contributed by atoms with Crippen molar-refractivity contribution in [3.05, 3.63) is 0 Å². The second-order valence-electron chi connectivity index (χ2n) is 5.45. The number of sulfone groups is 1. The van der Waals surface area contributed by atoms with Crippen molar-refractivity contribution < 1.29 is 13.2 Å². The first-order chi connectivity index (χ1) is 8.43. The van der Waals surface area contributed by atoms with Gasteiger partial charge in [-0.15, -0.1) is 0 Å². The number of carbonyl (C=O) groups is 1. The molecule has 6 heteroatoms. The zero-order valence-corrected chi connectivity index (χ0v) is 11.9. The smallest absolute Gasteiger partial charge is 0.240 e. The maximum Gasteiger partial charge on any atom is 0.240 e. The molecule has 1 N–H and O–H groups in total. The molecule has 0 aliphatic carbocycles. The van der Waals surface area contributed by atoms with Crippen LogP contribution in [0.1, 0.15) is 33.1 Å². The molecule has 3 unspecified atom stereocenters. The third-order valence-corrected chi connectivity index (χ3v) is 5.65. The van der Waals surface area contributed by atoms with Crippen molar-refractivity contribution in [3.63, 3.8) is 0 Å². The minimum atomic E-state index is -2.86. The Bertz CT molecular complexity index is 421. The first-order valence-electron chi connectivity index (χ1n) is 6.70. The monoisotopic (exact) mass is 274 g/mol. The second-order valence-corrected chi connectivity index (χ2v) is 7.68. The van der Waals surface area contributed by atoms with E-state index in [1.54, 1.807) is 0 Å². The summed E-state index contributed by atoms with van der Waals surface area (Å²) in [5, 5.41) is 3.28. The first kappa shape index (κ1) is 13.8. The number of nitrogens with one attached hydrogen (secondary N) is 1. The molecule has 2 fully saturated rings. The summed E-state index contributed by atoms with van der Waals surface area (Å²) in [5.41, 5.74) is 0. The highest BCUT2D eigenvalue weighted by Gasteiger charge is 2.38. The fourth-order valence-electron chi connectivity index (χ4n) is 2.88. The second kappa shape index (κ2) is 5.17. The van der Waals surface area contributed by atoms with Gasteiger partial charge < -0.3 is 4.90 Å². The summed E-state index contributed by atoms with van der Waals surface area (Å²) in [7, 11) is -2.86. The lowest BCUT2D eigenvalue weighted by Crippen LogP contribution is -2.40. The summed E-state index contributed by atoms with van der Waals surface area (Å²) in [6.07, 6.45) is 2.72. The van der Waals surface area contributed by atoms with Crippen LogP contribution in [0.2, 0.25) is 0 Å². The normalized spacial score (nSPS) is 35.3. The summed E-state index contributed by atoms with van der Waals surface area (Å²) < 4.78 is 22.9. The van der Waals surface area contributed by atoms with Crippen LogP contribution in [-0.2, 0) is 14.6 Å². The lowest BCUT2D eigenvalue weighted by molar-refractivity contribution is -0.130. The molecule has 2 saturated heterocycles. The van der Waals surface area contributed by atoms with Gasteiger partial charge in [-0.1, -0.05) is 13.3 Å². The van der Waals surface area contributed by atoms with E-state index in [0.29, 0.717) is 13.0 Å². The number of amides is 1. The van der Waals surface area contributed by atoms with Crippen LogP contribution in [-0.4, -0.2) is 49.5 Å². The molecule has 18 heavy (non-hydrogen) atoms. The van der Waals surface area contributed by atoms with Crippen molar-refractivity contribution in [1.29, 1.82) is 0 Å². The molecular formula is C12H22N2O3S. The number of hydrogen-bond acceptors (Lipinski definition) is 4. The Hall–Kier alpha value is -0.620. The van der Waals surface area contributed by atoms with Gasteiger partial charge in [0.1, 0.15) is 0 Å². The van der Waals surface area contributed by atoms with Gasteiger partial charge >= 0.3 is 0 Å². The van der Waals surface area contributed by atoms with E-state index in [0.717, 1.165) is 12.8 Å². The summed E-state index contributed by atoms with van der Waals surface area (Å²) in [5.74, 6) is 0.744. The molecule has 104 valence electrons. The van der Waals surface area contributed by atoms with Crippen LogP contribution >= 0.6 is 0 Å². The molecule has 3 atom stereocenters. The third kappa shape index (κ3) is 2.85. The number of hydrogen-bond donors (Lipinski definition) is 1. The molecule has 0 aromatic rings. The van der Waals surface area contributed by atoms with Crippen LogP contribution in [0.15, 0.2) is 0 Å². The van der Waals surface area contributed by atoms with E-state index in [1.165, 1.54) is 0 Å². The number of nitrogens with zero attached hydrogens (tertiary/aromatic N) is 1. The summed E-state index contributed by atoms with van der Waals surface area (Å²) in [6.45, 7) is 4.55. The highest BCUT2D eigenvalue weighted by molar-refractivity contribution is 7.91. The molecule has 0 bridgehead atoms. The van der Waals surface area contributed by atoms with E-state index in [4.69, 9.17) is 0 Å². The zero-order chi connectivity index (χ0) is 13.3. The highest BCUT2D eigenvalue weighted by atomic mass is 32.2. The predicted molar refractivity (Wildman–Crippen MR) is 69.8 cm³/mol. The Labute approximate surface area is 109 Å². The SMILES string of the molecule is CCCC1NC(C)C(=O)N1CC1CCS(=O)(=O)C1. The summed E-state index contributed by atoms with van der Waals surface area (Å²) in [4.78, 5) is 13.9. The lowest BCUT2D eigenvalue weighted by atomic mass is 10.1. The van der Waals surface area contributed by atoms with Crippen molar-refractivity contribution in [3.8, 4) is 0 Å². The summed E-state index contributed by atoms with van der Waals surface area (Å²) in [6, 6.07) is -0.139. The van der Waals surface area contributed by atoms with E-state index in [1.807, 2.05) is 11.8 Å². The number of carbonyl (C=O) groups excluding carboxylic acids is 1. The van der Waals surface area contributed by atoms with E-state index in [2.05, 4.69) is 12.2 Å². The number of rotatable bonds is 4. The average molecular weight is 274 g/mol. The molecule has 1 amide bonds. The molecule has 2 rings (SSSR count). The van der Waals surface area contributed by atoms with Gasteiger partial charge in [0, 0.05) is 6.54 Å². The molecular weight excluding hydrogens is 252 g/mol.